The molecule has 6 heteroatoms. The predicted molar refractivity (Wildman–Crippen MR) is 94.4 cm³/mol. The van der Waals surface area contributed by atoms with E-state index in [9.17, 15) is 4.79 Å². The number of thiophene rings is 1. The summed E-state index contributed by atoms with van der Waals surface area (Å²) >= 11 is 3.42. The summed E-state index contributed by atoms with van der Waals surface area (Å²) in [4.78, 5) is 24.0. The molecule has 1 aliphatic heterocycles. The highest BCUT2D eigenvalue weighted by Gasteiger charge is 2.25. The fourth-order valence-electron chi connectivity index (χ4n) is 3.41. The summed E-state index contributed by atoms with van der Waals surface area (Å²) < 4.78 is 0. The Morgan fingerprint density at radius 3 is 2.78 bits per heavy atom. The van der Waals surface area contributed by atoms with Crippen LogP contribution < -0.4 is 0 Å². The third-order valence-corrected chi connectivity index (χ3v) is 6.72. The normalized spacial score (nSPS) is 18.4. The molecule has 1 fully saturated rings. The number of carbonyl (C=O) groups is 1. The molecule has 0 spiro atoms. The lowest BCUT2D eigenvalue weighted by Crippen LogP contribution is -2.48. The molecule has 0 N–H and O–H groups in total. The molecule has 0 aromatic carbocycles. The van der Waals surface area contributed by atoms with Crippen molar-refractivity contribution in [3.8, 4) is 0 Å². The lowest BCUT2D eigenvalue weighted by Gasteiger charge is -2.34. The van der Waals surface area contributed by atoms with E-state index in [1.165, 1.54) is 16.9 Å². The number of amides is 1. The molecule has 1 aliphatic carbocycles. The van der Waals surface area contributed by atoms with Crippen molar-refractivity contribution in [1.29, 1.82) is 0 Å². The van der Waals surface area contributed by atoms with Gasteiger partial charge in [-0.15, -0.1) is 22.7 Å². The van der Waals surface area contributed by atoms with Crippen molar-refractivity contribution in [2.75, 3.05) is 26.2 Å². The molecule has 1 amide bonds. The number of carbonyl (C=O) groups excluding carboxylic acids is 1. The van der Waals surface area contributed by atoms with Gasteiger partial charge in [0.05, 0.1) is 15.6 Å². The van der Waals surface area contributed by atoms with Crippen LogP contribution in [0.3, 0.4) is 0 Å². The van der Waals surface area contributed by atoms with Crippen LogP contribution in [0, 0.1) is 6.92 Å². The minimum Gasteiger partial charge on any atom is -0.335 e. The number of nitrogens with zero attached hydrogens (tertiary/aromatic N) is 3. The second-order valence-electron chi connectivity index (χ2n) is 6.34. The molecular weight excluding hydrogens is 326 g/mol. The van der Waals surface area contributed by atoms with Gasteiger partial charge < -0.3 is 4.90 Å². The first-order valence-electron chi connectivity index (χ1n) is 8.23. The number of piperazine rings is 1. The van der Waals surface area contributed by atoms with Crippen LogP contribution in [0.25, 0.3) is 0 Å². The highest BCUT2D eigenvalue weighted by Crippen LogP contribution is 2.31. The lowest BCUT2D eigenvalue weighted by atomic mass is 10.2. The van der Waals surface area contributed by atoms with Gasteiger partial charge in [0, 0.05) is 43.0 Å². The summed E-state index contributed by atoms with van der Waals surface area (Å²) in [6.45, 7) is 6.47. The van der Waals surface area contributed by atoms with Crippen molar-refractivity contribution < 1.29 is 4.79 Å². The van der Waals surface area contributed by atoms with Gasteiger partial charge in [0.2, 0.25) is 0 Å². The summed E-state index contributed by atoms with van der Waals surface area (Å²) in [7, 11) is 0. The molecule has 2 aliphatic rings. The number of hydrogen-bond acceptors (Lipinski definition) is 5. The molecule has 0 saturated carbocycles. The average molecular weight is 348 g/mol. The fourth-order valence-corrected chi connectivity index (χ4v) is 5.23. The number of thiazole rings is 1. The number of rotatable bonds is 3. The third-order valence-electron chi connectivity index (χ3n) is 4.67. The van der Waals surface area contributed by atoms with E-state index in [-0.39, 0.29) is 5.91 Å². The number of aromatic nitrogens is 1. The van der Waals surface area contributed by atoms with Crippen LogP contribution in [0.4, 0.5) is 0 Å². The van der Waals surface area contributed by atoms with Gasteiger partial charge in [-0.05, 0) is 37.8 Å². The maximum absolute atomic E-state index is 12.7. The van der Waals surface area contributed by atoms with Crippen LogP contribution in [0.1, 0.15) is 37.2 Å². The first-order valence-corrected chi connectivity index (χ1v) is 9.93. The molecular formula is C17H21N3OS2. The Bertz CT molecular complexity index is 692. The van der Waals surface area contributed by atoms with E-state index in [1.807, 2.05) is 11.8 Å². The number of hydrogen-bond donors (Lipinski definition) is 0. The number of aryl methyl sites for hydroxylation is 3. The van der Waals surface area contributed by atoms with Gasteiger partial charge in [0.1, 0.15) is 0 Å². The molecule has 0 atom stereocenters. The van der Waals surface area contributed by atoms with E-state index in [0.717, 1.165) is 61.1 Å². The van der Waals surface area contributed by atoms with Gasteiger partial charge >= 0.3 is 0 Å². The standard InChI is InChI=1S/C17H21N3OS2/c1-12-18-14(11-22-12)10-19-5-7-20(8-6-19)17(21)16-9-13-3-2-4-15(13)23-16/h9,11H,2-8,10H2,1H3. The summed E-state index contributed by atoms with van der Waals surface area (Å²) in [6.07, 6.45) is 3.57. The highest BCUT2D eigenvalue weighted by atomic mass is 32.1. The lowest BCUT2D eigenvalue weighted by molar-refractivity contribution is 0.0632. The van der Waals surface area contributed by atoms with Crippen molar-refractivity contribution in [1.82, 2.24) is 14.8 Å². The van der Waals surface area contributed by atoms with Gasteiger partial charge in [-0.25, -0.2) is 4.98 Å². The quantitative estimate of drug-likeness (QED) is 0.856. The highest BCUT2D eigenvalue weighted by molar-refractivity contribution is 7.14. The zero-order valence-corrected chi connectivity index (χ0v) is 15.0. The summed E-state index contributed by atoms with van der Waals surface area (Å²) in [5, 5.41) is 3.26. The van der Waals surface area contributed by atoms with Crippen LogP contribution in [-0.4, -0.2) is 46.9 Å². The average Bonchev–Trinajstić information content (AvgIpc) is 3.23. The van der Waals surface area contributed by atoms with Gasteiger partial charge in [0.15, 0.2) is 0 Å². The Morgan fingerprint density at radius 1 is 1.26 bits per heavy atom. The first-order chi connectivity index (χ1) is 11.2. The zero-order valence-electron chi connectivity index (χ0n) is 13.4. The largest absolute Gasteiger partial charge is 0.335 e. The second-order valence-corrected chi connectivity index (χ2v) is 8.54. The maximum Gasteiger partial charge on any atom is 0.264 e. The van der Waals surface area contributed by atoms with Crippen molar-refractivity contribution >= 4 is 28.6 Å². The summed E-state index contributed by atoms with van der Waals surface area (Å²) in [5.41, 5.74) is 2.57. The Labute approximate surface area is 144 Å². The van der Waals surface area contributed by atoms with Gasteiger partial charge in [-0.2, -0.15) is 0 Å². The van der Waals surface area contributed by atoms with E-state index >= 15 is 0 Å². The molecule has 4 nitrogen and oxygen atoms in total. The number of fused-ring (bicyclic) bond motifs is 1. The minimum atomic E-state index is 0.230. The topological polar surface area (TPSA) is 36.4 Å². The third kappa shape index (κ3) is 3.20. The van der Waals surface area contributed by atoms with Crippen LogP contribution >= 0.6 is 22.7 Å². The van der Waals surface area contributed by atoms with Crippen molar-refractivity contribution in [2.24, 2.45) is 0 Å². The fraction of sp³-hybridized carbons (Fsp3) is 0.529. The Kier molecular flexibility index (Phi) is 4.22. The van der Waals surface area contributed by atoms with Gasteiger partial charge in [-0.3, -0.25) is 9.69 Å². The molecule has 0 unspecified atom stereocenters. The molecule has 23 heavy (non-hydrogen) atoms. The van der Waals surface area contributed by atoms with Gasteiger partial charge in [0.25, 0.3) is 5.91 Å². The molecule has 122 valence electrons. The van der Waals surface area contributed by atoms with E-state index in [0.29, 0.717) is 0 Å². The van der Waals surface area contributed by atoms with Crippen LogP contribution in [-0.2, 0) is 19.4 Å². The van der Waals surface area contributed by atoms with E-state index < -0.39 is 0 Å². The second kappa shape index (κ2) is 6.34. The van der Waals surface area contributed by atoms with E-state index in [1.54, 1.807) is 22.7 Å². The van der Waals surface area contributed by atoms with Gasteiger partial charge in [-0.1, -0.05) is 0 Å². The maximum atomic E-state index is 12.7. The van der Waals surface area contributed by atoms with Crippen molar-refractivity contribution in [3.05, 3.63) is 37.5 Å². The van der Waals surface area contributed by atoms with E-state index in [2.05, 4.69) is 21.3 Å². The Balaban J connectivity index is 1.34. The SMILES string of the molecule is Cc1nc(CN2CCN(C(=O)c3cc4c(s3)CCC4)CC2)cs1. The van der Waals surface area contributed by atoms with Crippen molar-refractivity contribution in [3.63, 3.8) is 0 Å². The molecule has 3 heterocycles. The molecule has 0 radical (unpaired) electrons. The monoisotopic (exact) mass is 347 g/mol. The van der Waals surface area contributed by atoms with Crippen LogP contribution in [0.5, 0.6) is 0 Å². The summed E-state index contributed by atoms with van der Waals surface area (Å²) in [6, 6.07) is 2.14. The smallest absolute Gasteiger partial charge is 0.264 e. The molecule has 2 aromatic rings. The summed E-state index contributed by atoms with van der Waals surface area (Å²) in [5.74, 6) is 0.230. The van der Waals surface area contributed by atoms with Crippen LogP contribution in [0.2, 0.25) is 0 Å². The Hall–Kier alpha value is -1.24. The molecule has 4 rings (SSSR count). The van der Waals surface area contributed by atoms with Crippen LogP contribution in [0.15, 0.2) is 11.4 Å². The minimum absolute atomic E-state index is 0.230. The van der Waals surface area contributed by atoms with Crippen molar-refractivity contribution in [2.45, 2.75) is 32.7 Å². The molecule has 0 bridgehead atoms. The van der Waals surface area contributed by atoms with E-state index in [4.69, 9.17) is 0 Å². The molecule has 1 saturated heterocycles. The predicted octanol–water partition coefficient (Wildman–Crippen LogP) is 2.96. The first kappa shape index (κ1) is 15.3. The zero-order chi connectivity index (χ0) is 15.8. The molecule has 2 aromatic heterocycles. The Morgan fingerprint density at radius 2 is 2.09 bits per heavy atom.